The Labute approximate surface area is 114 Å². The molecule has 0 aliphatic heterocycles. The van der Waals surface area contributed by atoms with Crippen LogP contribution in [0.4, 0.5) is 0 Å². The molecular weight excluding hydrogens is 264 g/mol. The molecular formula is C13H14N2O3S. The third-order valence-corrected chi connectivity index (χ3v) is 3.90. The van der Waals surface area contributed by atoms with Gasteiger partial charge in [0.15, 0.2) is 11.5 Å². The zero-order chi connectivity index (χ0) is 13.2. The Hall–Kier alpha value is -1.66. The number of aromatic nitrogens is 1. The van der Waals surface area contributed by atoms with Crippen LogP contribution in [-0.4, -0.2) is 27.2 Å². The Bertz CT molecular complexity index is 560. The van der Waals surface area contributed by atoms with Crippen molar-refractivity contribution in [1.29, 1.82) is 0 Å². The van der Waals surface area contributed by atoms with Gasteiger partial charge in [-0.1, -0.05) is 5.16 Å². The number of carbonyl (C=O) groups is 1. The van der Waals surface area contributed by atoms with Crippen LogP contribution < -0.4 is 0 Å². The van der Waals surface area contributed by atoms with Crippen LogP contribution in [0.25, 0.3) is 0 Å². The van der Waals surface area contributed by atoms with Gasteiger partial charge in [0, 0.05) is 18.7 Å². The summed E-state index contributed by atoms with van der Waals surface area (Å²) in [5.74, 6) is -0.440. The highest BCUT2D eigenvalue weighted by atomic mass is 32.1. The molecule has 0 saturated heterocycles. The number of carboxylic acid groups (broad SMARTS) is 1. The minimum absolute atomic E-state index is 0.0266. The standard InChI is InChI=1S/C13H14N2O3S/c16-13(17)12-5-11(18-14-12)7-15(10-1-2-10)6-9-3-4-19-8-9/h3-5,8,10H,1-2,6-7H2,(H,16,17). The molecule has 0 atom stereocenters. The SMILES string of the molecule is O=C(O)c1cc(CN(Cc2ccsc2)C2CC2)on1. The summed E-state index contributed by atoms with van der Waals surface area (Å²) < 4.78 is 5.08. The lowest BCUT2D eigenvalue weighted by Gasteiger charge is -2.19. The topological polar surface area (TPSA) is 66.6 Å². The van der Waals surface area contributed by atoms with E-state index in [2.05, 4.69) is 26.9 Å². The van der Waals surface area contributed by atoms with E-state index in [1.807, 2.05) is 0 Å². The predicted molar refractivity (Wildman–Crippen MR) is 70.1 cm³/mol. The molecule has 1 aliphatic carbocycles. The fourth-order valence-corrected chi connectivity index (χ4v) is 2.72. The van der Waals surface area contributed by atoms with Gasteiger partial charge in [-0.05, 0) is 35.2 Å². The first-order valence-corrected chi connectivity index (χ1v) is 7.10. The van der Waals surface area contributed by atoms with Crippen molar-refractivity contribution in [2.75, 3.05) is 0 Å². The first kappa shape index (κ1) is 12.4. The van der Waals surface area contributed by atoms with Crippen LogP contribution in [0.3, 0.4) is 0 Å². The van der Waals surface area contributed by atoms with Crippen molar-refractivity contribution < 1.29 is 14.4 Å². The largest absolute Gasteiger partial charge is 0.476 e. The van der Waals surface area contributed by atoms with Gasteiger partial charge in [0.2, 0.25) is 0 Å². The summed E-state index contributed by atoms with van der Waals surface area (Å²) in [7, 11) is 0. The molecule has 3 rings (SSSR count). The molecule has 0 aromatic carbocycles. The average Bonchev–Trinajstić information content (AvgIpc) is 2.90. The molecule has 1 fully saturated rings. The number of hydrogen-bond donors (Lipinski definition) is 1. The average molecular weight is 278 g/mol. The highest BCUT2D eigenvalue weighted by Crippen LogP contribution is 2.30. The first-order chi connectivity index (χ1) is 9.22. The molecule has 100 valence electrons. The number of thiophene rings is 1. The van der Waals surface area contributed by atoms with E-state index in [1.54, 1.807) is 11.3 Å². The Morgan fingerprint density at radius 1 is 1.53 bits per heavy atom. The first-order valence-electron chi connectivity index (χ1n) is 6.16. The molecule has 19 heavy (non-hydrogen) atoms. The number of rotatable bonds is 6. The van der Waals surface area contributed by atoms with Gasteiger partial charge in [0.05, 0.1) is 6.54 Å². The molecule has 1 N–H and O–H groups in total. The molecule has 0 radical (unpaired) electrons. The third kappa shape index (κ3) is 3.02. The van der Waals surface area contributed by atoms with E-state index in [9.17, 15) is 4.79 Å². The Balaban J connectivity index is 1.68. The second-order valence-corrected chi connectivity index (χ2v) is 5.53. The van der Waals surface area contributed by atoms with E-state index in [0.717, 1.165) is 6.54 Å². The van der Waals surface area contributed by atoms with Gasteiger partial charge in [-0.15, -0.1) is 0 Å². The van der Waals surface area contributed by atoms with E-state index in [1.165, 1.54) is 24.5 Å². The van der Waals surface area contributed by atoms with Gasteiger partial charge in [-0.3, -0.25) is 4.90 Å². The van der Waals surface area contributed by atoms with Gasteiger partial charge in [0.25, 0.3) is 0 Å². The fourth-order valence-electron chi connectivity index (χ4n) is 2.06. The van der Waals surface area contributed by atoms with Gasteiger partial charge >= 0.3 is 5.97 Å². The minimum Gasteiger partial charge on any atom is -0.476 e. The van der Waals surface area contributed by atoms with Crippen LogP contribution in [0.2, 0.25) is 0 Å². The van der Waals surface area contributed by atoms with E-state index in [-0.39, 0.29) is 5.69 Å². The predicted octanol–water partition coefficient (Wildman–Crippen LogP) is 2.60. The molecule has 2 heterocycles. The lowest BCUT2D eigenvalue weighted by atomic mass is 10.3. The van der Waals surface area contributed by atoms with Crippen LogP contribution in [0.5, 0.6) is 0 Å². The van der Waals surface area contributed by atoms with Crippen molar-refractivity contribution in [3.8, 4) is 0 Å². The molecule has 2 aromatic rings. The van der Waals surface area contributed by atoms with Gasteiger partial charge < -0.3 is 9.63 Å². The van der Waals surface area contributed by atoms with Crippen LogP contribution in [-0.2, 0) is 13.1 Å². The van der Waals surface area contributed by atoms with Crippen molar-refractivity contribution in [2.24, 2.45) is 0 Å². The van der Waals surface area contributed by atoms with Crippen LogP contribution in [0, 0.1) is 0 Å². The number of hydrogen-bond acceptors (Lipinski definition) is 5. The third-order valence-electron chi connectivity index (χ3n) is 3.17. The summed E-state index contributed by atoms with van der Waals surface area (Å²) in [5, 5.41) is 16.6. The summed E-state index contributed by atoms with van der Waals surface area (Å²) in [4.78, 5) is 13.1. The maximum absolute atomic E-state index is 10.8. The smallest absolute Gasteiger partial charge is 0.358 e. The summed E-state index contributed by atoms with van der Waals surface area (Å²) in [6, 6.07) is 4.20. The fraction of sp³-hybridized carbons (Fsp3) is 0.385. The maximum Gasteiger partial charge on any atom is 0.358 e. The van der Waals surface area contributed by atoms with Gasteiger partial charge in [0.1, 0.15) is 0 Å². The lowest BCUT2D eigenvalue weighted by molar-refractivity contribution is 0.0685. The van der Waals surface area contributed by atoms with Crippen molar-refractivity contribution in [3.05, 3.63) is 39.9 Å². The molecule has 1 aliphatic rings. The minimum atomic E-state index is -1.05. The second-order valence-electron chi connectivity index (χ2n) is 4.75. The molecule has 0 unspecified atom stereocenters. The Morgan fingerprint density at radius 3 is 2.95 bits per heavy atom. The zero-order valence-electron chi connectivity index (χ0n) is 10.3. The van der Waals surface area contributed by atoms with Crippen molar-refractivity contribution >= 4 is 17.3 Å². The Kier molecular flexibility index (Phi) is 3.35. The molecule has 1 saturated carbocycles. The second kappa shape index (κ2) is 5.14. The quantitative estimate of drug-likeness (QED) is 0.879. The van der Waals surface area contributed by atoms with E-state index >= 15 is 0 Å². The normalized spacial score (nSPS) is 15.0. The van der Waals surface area contributed by atoms with E-state index < -0.39 is 5.97 Å². The van der Waals surface area contributed by atoms with E-state index in [0.29, 0.717) is 18.3 Å². The monoisotopic (exact) mass is 278 g/mol. The van der Waals surface area contributed by atoms with Crippen LogP contribution >= 0.6 is 11.3 Å². The number of nitrogens with zero attached hydrogens (tertiary/aromatic N) is 2. The molecule has 2 aromatic heterocycles. The highest BCUT2D eigenvalue weighted by Gasteiger charge is 2.30. The summed E-state index contributed by atoms with van der Waals surface area (Å²) in [6.45, 7) is 1.48. The molecule has 0 bridgehead atoms. The lowest BCUT2D eigenvalue weighted by Crippen LogP contribution is -2.24. The maximum atomic E-state index is 10.8. The summed E-state index contributed by atoms with van der Waals surface area (Å²) in [5.41, 5.74) is 1.26. The van der Waals surface area contributed by atoms with Crippen LogP contribution in [0.1, 0.15) is 34.7 Å². The Morgan fingerprint density at radius 2 is 2.37 bits per heavy atom. The van der Waals surface area contributed by atoms with E-state index in [4.69, 9.17) is 9.63 Å². The molecule has 6 heteroatoms. The highest BCUT2D eigenvalue weighted by molar-refractivity contribution is 7.07. The van der Waals surface area contributed by atoms with Crippen LogP contribution in [0.15, 0.2) is 27.4 Å². The van der Waals surface area contributed by atoms with Gasteiger partial charge in [-0.25, -0.2) is 4.79 Å². The summed E-state index contributed by atoms with van der Waals surface area (Å²) >= 11 is 1.69. The zero-order valence-corrected chi connectivity index (χ0v) is 11.1. The molecule has 5 nitrogen and oxygen atoms in total. The molecule has 0 spiro atoms. The van der Waals surface area contributed by atoms with Crippen molar-refractivity contribution in [3.63, 3.8) is 0 Å². The molecule has 0 amide bonds. The number of carboxylic acids is 1. The van der Waals surface area contributed by atoms with Crippen molar-refractivity contribution in [1.82, 2.24) is 10.1 Å². The number of aromatic carboxylic acids is 1. The van der Waals surface area contributed by atoms with Crippen molar-refractivity contribution in [2.45, 2.75) is 32.0 Å². The van der Waals surface area contributed by atoms with Gasteiger partial charge in [-0.2, -0.15) is 11.3 Å². The summed E-state index contributed by atoms with van der Waals surface area (Å²) in [6.07, 6.45) is 2.40.